The molecular formula is C14H14N4O3. The smallest absolute Gasteiger partial charge is 0.279 e. The molecule has 7 heteroatoms. The minimum atomic E-state index is -0.309. The third kappa shape index (κ3) is 2.06. The third-order valence-corrected chi connectivity index (χ3v) is 3.22. The SMILES string of the molecule is CCc1nc2nc3c(OC)ccc(OC)c3nc2c(=O)[nH]1. The van der Waals surface area contributed by atoms with Gasteiger partial charge in [-0.1, -0.05) is 6.92 Å². The van der Waals surface area contributed by atoms with Crippen molar-refractivity contribution in [2.24, 2.45) is 0 Å². The lowest BCUT2D eigenvalue weighted by Gasteiger charge is -2.09. The van der Waals surface area contributed by atoms with E-state index in [-0.39, 0.29) is 11.1 Å². The summed E-state index contributed by atoms with van der Waals surface area (Å²) in [5, 5.41) is 0. The largest absolute Gasteiger partial charge is 0.494 e. The topological polar surface area (TPSA) is 90.0 Å². The van der Waals surface area contributed by atoms with Crippen LogP contribution in [0.4, 0.5) is 0 Å². The first-order chi connectivity index (χ1) is 10.2. The number of aromatic amines is 1. The van der Waals surface area contributed by atoms with Gasteiger partial charge in [-0.15, -0.1) is 0 Å². The van der Waals surface area contributed by atoms with Gasteiger partial charge in [0.1, 0.15) is 28.4 Å². The van der Waals surface area contributed by atoms with Gasteiger partial charge in [-0.05, 0) is 12.1 Å². The predicted molar refractivity (Wildman–Crippen MR) is 77.9 cm³/mol. The standard InChI is InChI=1S/C14H14N4O3/c1-4-9-15-13-12(14(19)16-9)17-10-7(20-2)5-6-8(21-3)11(10)18-13/h5-6H,4H2,1-3H3,(H,15,16,18,19). The molecule has 0 bridgehead atoms. The minimum Gasteiger partial charge on any atom is -0.494 e. The summed E-state index contributed by atoms with van der Waals surface area (Å²) in [7, 11) is 3.09. The van der Waals surface area contributed by atoms with Crippen LogP contribution >= 0.6 is 0 Å². The number of fused-ring (bicyclic) bond motifs is 2. The van der Waals surface area contributed by atoms with Crippen molar-refractivity contribution in [2.75, 3.05) is 14.2 Å². The van der Waals surface area contributed by atoms with Gasteiger partial charge in [0.2, 0.25) is 0 Å². The number of methoxy groups -OCH3 is 2. The summed E-state index contributed by atoms with van der Waals surface area (Å²) in [5.41, 5.74) is 1.17. The minimum absolute atomic E-state index is 0.186. The lowest BCUT2D eigenvalue weighted by Crippen LogP contribution is -2.14. The van der Waals surface area contributed by atoms with Crippen molar-refractivity contribution in [1.82, 2.24) is 19.9 Å². The fourth-order valence-corrected chi connectivity index (χ4v) is 2.15. The molecule has 108 valence electrons. The molecule has 0 radical (unpaired) electrons. The van der Waals surface area contributed by atoms with Crippen LogP contribution in [0.5, 0.6) is 11.5 Å². The van der Waals surface area contributed by atoms with Crippen LogP contribution in [0.2, 0.25) is 0 Å². The van der Waals surface area contributed by atoms with Crippen LogP contribution in [-0.2, 0) is 6.42 Å². The van der Waals surface area contributed by atoms with Crippen LogP contribution in [0.25, 0.3) is 22.2 Å². The first-order valence-electron chi connectivity index (χ1n) is 6.49. The monoisotopic (exact) mass is 286 g/mol. The van der Waals surface area contributed by atoms with E-state index >= 15 is 0 Å². The molecule has 1 N–H and O–H groups in total. The highest BCUT2D eigenvalue weighted by molar-refractivity contribution is 5.91. The normalized spacial score (nSPS) is 11.0. The van der Waals surface area contributed by atoms with Crippen LogP contribution < -0.4 is 15.0 Å². The average molecular weight is 286 g/mol. The highest BCUT2D eigenvalue weighted by Crippen LogP contribution is 2.30. The van der Waals surface area contributed by atoms with Crippen LogP contribution in [-0.4, -0.2) is 34.2 Å². The molecule has 0 saturated carbocycles. The number of aromatic nitrogens is 4. The van der Waals surface area contributed by atoms with Crippen molar-refractivity contribution in [3.05, 3.63) is 28.3 Å². The second-order valence-corrected chi connectivity index (χ2v) is 4.43. The second-order valence-electron chi connectivity index (χ2n) is 4.43. The quantitative estimate of drug-likeness (QED) is 0.733. The Morgan fingerprint density at radius 1 is 1.00 bits per heavy atom. The number of ether oxygens (including phenoxy) is 2. The van der Waals surface area contributed by atoms with Crippen LogP contribution in [0.3, 0.4) is 0 Å². The van der Waals surface area contributed by atoms with Gasteiger partial charge < -0.3 is 14.5 Å². The fraction of sp³-hybridized carbons (Fsp3) is 0.286. The van der Waals surface area contributed by atoms with Crippen LogP contribution in [0.15, 0.2) is 16.9 Å². The van der Waals surface area contributed by atoms with E-state index in [1.807, 2.05) is 6.92 Å². The zero-order valence-electron chi connectivity index (χ0n) is 11.9. The maximum Gasteiger partial charge on any atom is 0.279 e. The number of aryl methyl sites for hydroxylation is 1. The number of hydrogen-bond donors (Lipinski definition) is 1. The molecule has 0 fully saturated rings. The molecular weight excluding hydrogens is 272 g/mol. The van der Waals surface area contributed by atoms with E-state index in [1.54, 1.807) is 19.2 Å². The van der Waals surface area contributed by atoms with Crippen LogP contribution in [0.1, 0.15) is 12.7 Å². The molecule has 21 heavy (non-hydrogen) atoms. The number of H-pyrrole nitrogens is 1. The van der Waals surface area contributed by atoms with Crippen LogP contribution in [0, 0.1) is 0 Å². The Kier molecular flexibility index (Phi) is 3.17. The average Bonchev–Trinajstić information content (AvgIpc) is 2.52. The molecule has 1 aromatic carbocycles. The summed E-state index contributed by atoms with van der Waals surface area (Å²) < 4.78 is 10.6. The van der Waals surface area contributed by atoms with Crippen molar-refractivity contribution >= 4 is 22.2 Å². The number of benzene rings is 1. The van der Waals surface area contributed by atoms with Crippen molar-refractivity contribution in [1.29, 1.82) is 0 Å². The molecule has 0 amide bonds. The van der Waals surface area contributed by atoms with Crippen molar-refractivity contribution in [2.45, 2.75) is 13.3 Å². The summed E-state index contributed by atoms with van der Waals surface area (Å²) >= 11 is 0. The molecule has 0 aliphatic rings. The molecule has 0 aliphatic carbocycles. The van der Waals surface area contributed by atoms with Gasteiger partial charge in [0.15, 0.2) is 11.2 Å². The molecule has 3 aromatic rings. The van der Waals surface area contributed by atoms with Gasteiger partial charge in [0, 0.05) is 6.42 Å². The number of nitrogens with one attached hydrogen (secondary N) is 1. The van der Waals surface area contributed by atoms with Gasteiger partial charge in [-0.2, -0.15) is 0 Å². The first kappa shape index (κ1) is 13.3. The zero-order chi connectivity index (χ0) is 15.0. The van der Waals surface area contributed by atoms with Crippen molar-refractivity contribution in [3.8, 4) is 11.5 Å². The molecule has 7 nitrogen and oxygen atoms in total. The number of rotatable bonds is 3. The molecule has 2 aromatic heterocycles. The van der Waals surface area contributed by atoms with E-state index in [4.69, 9.17) is 9.47 Å². The molecule has 0 saturated heterocycles. The molecule has 2 heterocycles. The zero-order valence-corrected chi connectivity index (χ0v) is 11.9. The highest BCUT2D eigenvalue weighted by Gasteiger charge is 2.14. The Bertz CT molecular complexity index is 889. The van der Waals surface area contributed by atoms with E-state index in [0.29, 0.717) is 40.4 Å². The van der Waals surface area contributed by atoms with E-state index < -0.39 is 0 Å². The summed E-state index contributed by atoms with van der Waals surface area (Å²) in [6, 6.07) is 3.47. The first-order valence-corrected chi connectivity index (χ1v) is 6.49. The fourth-order valence-electron chi connectivity index (χ4n) is 2.15. The summed E-state index contributed by atoms with van der Waals surface area (Å²) in [4.78, 5) is 27.9. The summed E-state index contributed by atoms with van der Waals surface area (Å²) in [6.07, 6.45) is 0.611. The molecule has 0 unspecified atom stereocenters. The molecule has 0 aliphatic heterocycles. The van der Waals surface area contributed by atoms with E-state index in [9.17, 15) is 4.79 Å². The predicted octanol–water partition coefficient (Wildman–Crippen LogP) is 1.45. The Hall–Kier alpha value is -2.70. The van der Waals surface area contributed by atoms with E-state index in [1.165, 1.54) is 7.11 Å². The van der Waals surface area contributed by atoms with Crippen molar-refractivity contribution in [3.63, 3.8) is 0 Å². The summed E-state index contributed by atoms with van der Waals surface area (Å²) in [6.45, 7) is 1.90. The lowest BCUT2D eigenvalue weighted by molar-refractivity contribution is 0.409. The molecule has 0 atom stereocenters. The van der Waals surface area contributed by atoms with Gasteiger partial charge in [-0.25, -0.2) is 15.0 Å². The lowest BCUT2D eigenvalue weighted by atomic mass is 10.2. The van der Waals surface area contributed by atoms with Gasteiger partial charge >= 0.3 is 0 Å². The van der Waals surface area contributed by atoms with Gasteiger partial charge in [0.25, 0.3) is 5.56 Å². The van der Waals surface area contributed by atoms with Gasteiger partial charge in [-0.3, -0.25) is 4.79 Å². The molecule has 3 rings (SSSR count). The number of hydrogen-bond acceptors (Lipinski definition) is 6. The Balaban J connectivity index is 2.47. The second kappa shape index (κ2) is 5.01. The van der Waals surface area contributed by atoms with Gasteiger partial charge in [0.05, 0.1) is 14.2 Å². The third-order valence-electron chi connectivity index (χ3n) is 3.22. The summed E-state index contributed by atoms with van der Waals surface area (Å²) in [5.74, 6) is 1.66. The highest BCUT2D eigenvalue weighted by atomic mass is 16.5. The van der Waals surface area contributed by atoms with Crippen molar-refractivity contribution < 1.29 is 9.47 Å². The maximum atomic E-state index is 12.1. The maximum absolute atomic E-state index is 12.1. The number of nitrogens with zero attached hydrogens (tertiary/aromatic N) is 3. The Morgan fingerprint density at radius 2 is 1.62 bits per heavy atom. The Labute approximate surface area is 120 Å². The molecule has 0 spiro atoms. The Morgan fingerprint density at radius 3 is 2.19 bits per heavy atom. The van der Waals surface area contributed by atoms with E-state index in [0.717, 1.165) is 0 Å². The van der Waals surface area contributed by atoms with E-state index in [2.05, 4.69) is 19.9 Å².